The second-order valence-corrected chi connectivity index (χ2v) is 5.50. The lowest BCUT2D eigenvalue weighted by Gasteiger charge is -2.14. The molecule has 4 heteroatoms. The molecule has 0 aliphatic carbocycles. The Labute approximate surface area is 125 Å². The number of benzene rings is 1. The summed E-state index contributed by atoms with van der Waals surface area (Å²) in [6.07, 6.45) is 1.60. The van der Waals surface area contributed by atoms with Gasteiger partial charge in [0.15, 0.2) is 0 Å². The van der Waals surface area contributed by atoms with E-state index >= 15 is 0 Å². The number of nitrogens with one attached hydrogen (secondary N) is 1. The summed E-state index contributed by atoms with van der Waals surface area (Å²) in [4.78, 5) is 18.5. The lowest BCUT2D eigenvalue weighted by molar-refractivity contribution is 0.102. The molecule has 0 unspecified atom stereocenters. The maximum absolute atomic E-state index is 12.3. The average Bonchev–Trinajstić information content (AvgIpc) is 2.47. The molecule has 0 saturated carbocycles. The average molecular weight is 283 g/mol. The Bertz CT molecular complexity index is 618. The first-order valence-corrected chi connectivity index (χ1v) is 7.02. The topological polar surface area (TPSA) is 45.2 Å². The summed E-state index contributed by atoms with van der Waals surface area (Å²) in [5, 5.41) is 2.96. The van der Waals surface area contributed by atoms with Crippen LogP contribution in [0.15, 0.2) is 42.6 Å². The third kappa shape index (κ3) is 3.60. The number of nitrogens with zero attached hydrogens (tertiary/aromatic N) is 2. The zero-order valence-corrected chi connectivity index (χ0v) is 12.9. The molecule has 0 atom stereocenters. The van der Waals surface area contributed by atoms with E-state index < -0.39 is 0 Å². The number of aromatic nitrogens is 1. The van der Waals surface area contributed by atoms with Crippen LogP contribution in [0.5, 0.6) is 0 Å². The highest BCUT2D eigenvalue weighted by atomic mass is 16.1. The third-order valence-corrected chi connectivity index (χ3v) is 3.30. The number of hydrogen-bond donors (Lipinski definition) is 1. The fourth-order valence-electron chi connectivity index (χ4n) is 2.09. The smallest absolute Gasteiger partial charge is 0.257 e. The van der Waals surface area contributed by atoms with Gasteiger partial charge in [0.25, 0.3) is 5.91 Å². The third-order valence-electron chi connectivity index (χ3n) is 3.30. The van der Waals surface area contributed by atoms with E-state index in [2.05, 4.69) is 24.1 Å². The van der Waals surface area contributed by atoms with Crippen molar-refractivity contribution in [1.29, 1.82) is 0 Å². The summed E-state index contributed by atoms with van der Waals surface area (Å²) in [5.74, 6) is 1.05. The second-order valence-electron chi connectivity index (χ2n) is 5.50. The molecule has 0 radical (unpaired) electrons. The van der Waals surface area contributed by atoms with Crippen LogP contribution in [0.3, 0.4) is 0 Å². The molecule has 0 aliphatic rings. The lowest BCUT2D eigenvalue weighted by Crippen LogP contribution is -2.15. The molecule has 0 saturated heterocycles. The van der Waals surface area contributed by atoms with Crippen molar-refractivity contribution in [3.8, 4) is 0 Å². The summed E-state index contributed by atoms with van der Waals surface area (Å²) < 4.78 is 0. The molecule has 1 heterocycles. The van der Waals surface area contributed by atoms with Crippen molar-refractivity contribution in [3.05, 3.63) is 53.7 Å². The Morgan fingerprint density at radius 1 is 1.14 bits per heavy atom. The van der Waals surface area contributed by atoms with E-state index in [1.54, 1.807) is 12.3 Å². The van der Waals surface area contributed by atoms with E-state index in [-0.39, 0.29) is 5.91 Å². The van der Waals surface area contributed by atoms with Crippen molar-refractivity contribution < 1.29 is 4.79 Å². The highest BCUT2D eigenvalue weighted by molar-refractivity contribution is 6.04. The molecule has 1 amide bonds. The molecule has 110 valence electrons. The molecule has 1 aromatic carbocycles. The molecule has 1 N–H and O–H groups in total. The zero-order chi connectivity index (χ0) is 15.4. The predicted molar refractivity (Wildman–Crippen MR) is 87.0 cm³/mol. The number of pyridine rings is 1. The zero-order valence-electron chi connectivity index (χ0n) is 12.9. The molecule has 0 fully saturated rings. The standard InChI is InChI=1S/C17H21N3O/c1-12(2)14-7-5-6-8-15(14)19-17(21)13-9-10-16(18-11-13)20(3)4/h5-12H,1-4H3,(H,19,21). The van der Waals surface area contributed by atoms with Gasteiger partial charge in [-0.15, -0.1) is 0 Å². The Morgan fingerprint density at radius 2 is 1.86 bits per heavy atom. The van der Waals surface area contributed by atoms with Crippen LogP contribution in [0.25, 0.3) is 0 Å². The SMILES string of the molecule is CC(C)c1ccccc1NC(=O)c1ccc(N(C)C)nc1. The Morgan fingerprint density at radius 3 is 2.43 bits per heavy atom. The normalized spacial score (nSPS) is 10.5. The van der Waals surface area contributed by atoms with Crippen LogP contribution in [0.4, 0.5) is 11.5 Å². The van der Waals surface area contributed by atoms with E-state index in [1.807, 2.05) is 49.3 Å². The van der Waals surface area contributed by atoms with Crippen molar-refractivity contribution in [2.45, 2.75) is 19.8 Å². The Hall–Kier alpha value is -2.36. The molecule has 0 bridgehead atoms. The minimum Gasteiger partial charge on any atom is -0.363 e. The molecule has 0 spiro atoms. The quantitative estimate of drug-likeness (QED) is 0.933. The van der Waals surface area contributed by atoms with Crippen LogP contribution < -0.4 is 10.2 Å². The number of rotatable bonds is 4. The summed E-state index contributed by atoms with van der Waals surface area (Å²) in [6.45, 7) is 4.22. The summed E-state index contributed by atoms with van der Waals surface area (Å²) in [6, 6.07) is 11.5. The molecule has 1 aromatic heterocycles. The Balaban J connectivity index is 2.18. The first kappa shape index (κ1) is 15.0. The number of para-hydroxylation sites is 1. The fraction of sp³-hybridized carbons (Fsp3) is 0.294. The minimum absolute atomic E-state index is 0.138. The van der Waals surface area contributed by atoms with E-state index in [4.69, 9.17) is 0 Å². The first-order valence-electron chi connectivity index (χ1n) is 7.02. The molecule has 2 rings (SSSR count). The number of hydrogen-bond acceptors (Lipinski definition) is 3. The van der Waals surface area contributed by atoms with Crippen LogP contribution >= 0.6 is 0 Å². The monoisotopic (exact) mass is 283 g/mol. The van der Waals surface area contributed by atoms with Crippen LogP contribution in [0.2, 0.25) is 0 Å². The van der Waals surface area contributed by atoms with E-state index in [0.717, 1.165) is 17.1 Å². The van der Waals surface area contributed by atoms with Gasteiger partial charge in [-0.3, -0.25) is 4.79 Å². The van der Waals surface area contributed by atoms with Crippen molar-refractivity contribution in [3.63, 3.8) is 0 Å². The second kappa shape index (κ2) is 6.39. The molecular formula is C17H21N3O. The van der Waals surface area contributed by atoms with Crippen molar-refractivity contribution in [2.75, 3.05) is 24.3 Å². The highest BCUT2D eigenvalue weighted by Gasteiger charge is 2.11. The Kier molecular flexibility index (Phi) is 4.58. The van der Waals surface area contributed by atoms with Gasteiger partial charge in [-0.1, -0.05) is 32.0 Å². The number of anilines is 2. The highest BCUT2D eigenvalue weighted by Crippen LogP contribution is 2.24. The first-order chi connectivity index (χ1) is 9.99. The molecule has 21 heavy (non-hydrogen) atoms. The maximum Gasteiger partial charge on any atom is 0.257 e. The summed E-state index contributed by atoms with van der Waals surface area (Å²) >= 11 is 0. The van der Waals surface area contributed by atoms with Crippen LogP contribution in [0.1, 0.15) is 35.7 Å². The number of amides is 1. The fourth-order valence-corrected chi connectivity index (χ4v) is 2.09. The summed E-state index contributed by atoms with van der Waals surface area (Å²) in [5.41, 5.74) is 2.54. The van der Waals surface area contributed by atoms with Gasteiger partial charge in [0, 0.05) is 26.0 Å². The van der Waals surface area contributed by atoms with E-state index in [9.17, 15) is 4.79 Å². The molecule has 0 aliphatic heterocycles. The molecular weight excluding hydrogens is 262 g/mol. The number of carbonyl (C=O) groups is 1. The van der Waals surface area contributed by atoms with Gasteiger partial charge in [0.05, 0.1) is 5.56 Å². The maximum atomic E-state index is 12.3. The lowest BCUT2D eigenvalue weighted by atomic mass is 10.0. The molecule has 2 aromatic rings. The van der Waals surface area contributed by atoms with Gasteiger partial charge in [-0.25, -0.2) is 4.98 Å². The van der Waals surface area contributed by atoms with Gasteiger partial charge >= 0.3 is 0 Å². The van der Waals surface area contributed by atoms with Crippen LogP contribution in [0, 0.1) is 0 Å². The van der Waals surface area contributed by atoms with Crippen molar-refractivity contribution in [2.24, 2.45) is 0 Å². The van der Waals surface area contributed by atoms with Crippen LogP contribution in [-0.2, 0) is 0 Å². The number of carbonyl (C=O) groups excluding carboxylic acids is 1. The van der Waals surface area contributed by atoms with E-state index in [1.165, 1.54) is 0 Å². The van der Waals surface area contributed by atoms with Crippen LogP contribution in [-0.4, -0.2) is 25.0 Å². The van der Waals surface area contributed by atoms with E-state index in [0.29, 0.717) is 11.5 Å². The molecule has 4 nitrogen and oxygen atoms in total. The van der Waals surface area contributed by atoms with Gasteiger partial charge in [-0.05, 0) is 29.7 Å². The van der Waals surface area contributed by atoms with Gasteiger partial charge < -0.3 is 10.2 Å². The minimum atomic E-state index is -0.138. The largest absolute Gasteiger partial charge is 0.363 e. The predicted octanol–water partition coefficient (Wildman–Crippen LogP) is 3.52. The van der Waals surface area contributed by atoms with Crippen molar-refractivity contribution >= 4 is 17.4 Å². The van der Waals surface area contributed by atoms with Crippen molar-refractivity contribution in [1.82, 2.24) is 4.98 Å². The van der Waals surface area contributed by atoms with Gasteiger partial charge in [0.2, 0.25) is 0 Å². The van der Waals surface area contributed by atoms with Gasteiger partial charge in [-0.2, -0.15) is 0 Å². The van der Waals surface area contributed by atoms with Gasteiger partial charge in [0.1, 0.15) is 5.82 Å². The summed E-state index contributed by atoms with van der Waals surface area (Å²) in [7, 11) is 3.84.